The molecule has 1 N–H and O–H groups in total. The molecule has 2 aromatic carbocycles. The van der Waals surface area contributed by atoms with Gasteiger partial charge in [-0.2, -0.15) is 13.2 Å². The standard InChI is InChI=1S/C16H11F3N4O4/c17-16(18,19)15(21-12-3-7-14(8-4-12)23(26)27)9-10-20-11-1-5-13(6-2-11)22(24)25/h1-10,21H/b15-9-,20-10?. The van der Waals surface area contributed by atoms with Gasteiger partial charge in [0.1, 0.15) is 5.70 Å². The lowest BCUT2D eigenvalue weighted by atomic mass is 10.2. The van der Waals surface area contributed by atoms with Crippen LogP contribution in [0.5, 0.6) is 0 Å². The summed E-state index contributed by atoms with van der Waals surface area (Å²) < 4.78 is 39.3. The maximum Gasteiger partial charge on any atom is 0.431 e. The van der Waals surface area contributed by atoms with Crippen molar-refractivity contribution in [2.75, 3.05) is 5.32 Å². The van der Waals surface area contributed by atoms with E-state index in [1.807, 2.05) is 0 Å². The zero-order valence-corrected chi connectivity index (χ0v) is 13.4. The largest absolute Gasteiger partial charge is 0.431 e. The predicted molar refractivity (Wildman–Crippen MR) is 92.1 cm³/mol. The minimum Gasteiger partial charge on any atom is -0.351 e. The number of non-ortho nitro benzene ring substituents is 2. The Morgan fingerprint density at radius 2 is 1.41 bits per heavy atom. The number of aliphatic imine (C=N–C) groups is 1. The predicted octanol–water partition coefficient (Wildman–Crippen LogP) is 4.76. The van der Waals surface area contributed by atoms with Gasteiger partial charge >= 0.3 is 6.18 Å². The molecule has 8 nitrogen and oxygen atoms in total. The van der Waals surface area contributed by atoms with Gasteiger partial charge in [0.15, 0.2) is 0 Å². The number of anilines is 1. The second-order valence-corrected chi connectivity index (χ2v) is 5.06. The molecule has 0 saturated carbocycles. The molecule has 0 aliphatic rings. The van der Waals surface area contributed by atoms with E-state index in [4.69, 9.17) is 0 Å². The van der Waals surface area contributed by atoms with E-state index in [0.29, 0.717) is 6.08 Å². The fraction of sp³-hybridized carbons (Fsp3) is 0.0625. The number of halogens is 3. The molecule has 0 aliphatic heterocycles. The molecule has 0 spiro atoms. The number of nitrogens with zero attached hydrogens (tertiary/aromatic N) is 3. The molecule has 11 heteroatoms. The molecule has 0 aliphatic carbocycles. The van der Waals surface area contributed by atoms with Gasteiger partial charge < -0.3 is 5.32 Å². The summed E-state index contributed by atoms with van der Waals surface area (Å²) in [6.07, 6.45) is -3.14. The first-order valence-electron chi connectivity index (χ1n) is 7.24. The third-order valence-corrected chi connectivity index (χ3v) is 3.19. The lowest BCUT2D eigenvalue weighted by Gasteiger charge is -2.13. The summed E-state index contributed by atoms with van der Waals surface area (Å²) in [7, 11) is 0. The average Bonchev–Trinajstić information content (AvgIpc) is 2.61. The fourth-order valence-electron chi connectivity index (χ4n) is 1.89. The van der Waals surface area contributed by atoms with Gasteiger partial charge in [-0.25, -0.2) is 0 Å². The number of alkyl halides is 3. The van der Waals surface area contributed by atoms with Crippen LogP contribution in [0, 0.1) is 20.2 Å². The number of hydrogen-bond acceptors (Lipinski definition) is 6. The summed E-state index contributed by atoms with van der Waals surface area (Å²) in [4.78, 5) is 23.6. The van der Waals surface area contributed by atoms with Gasteiger partial charge in [-0.1, -0.05) is 0 Å². The van der Waals surface area contributed by atoms with Crippen LogP contribution in [0.1, 0.15) is 0 Å². The Morgan fingerprint density at radius 1 is 0.926 bits per heavy atom. The second kappa shape index (κ2) is 8.08. The molecule has 0 fully saturated rings. The number of nitrogens with one attached hydrogen (secondary N) is 1. The number of rotatable bonds is 6. The van der Waals surface area contributed by atoms with Gasteiger partial charge in [0.2, 0.25) is 0 Å². The topological polar surface area (TPSA) is 111 Å². The van der Waals surface area contributed by atoms with Crippen molar-refractivity contribution in [2.45, 2.75) is 6.18 Å². The minimum atomic E-state index is -4.72. The van der Waals surface area contributed by atoms with Gasteiger partial charge in [0, 0.05) is 36.2 Å². The molecule has 0 atom stereocenters. The summed E-state index contributed by atoms with van der Waals surface area (Å²) >= 11 is 0. The van der Waals surface area contributed by atoms with Crippen molar-refractivity contribution in [1.29, 1.82) is 0 Å². The smallest absolute Gasteiger partial charge is 0.351 e. The van der Waals surface area contributed by atoms with Gasteiger partial charge in [-0.3, -0.25) is 25.2 Å². The van der Waals surface area contributed by atoms with E-state index < -0.39 is 21.7 Å². The monoisotopic (exact) mass is 380 g/mol. The Labute approximate surface area is 150 Å². The molecule has 2 aromatic rings. The van der Waals surface area contributed by atoms with Crippen molar-refractivity contribution in [3.05, 3.63) is 80.5 Å². The molecule has 0 unspecified atom stereocenters. The van der Waals surface area contributed by atoms with Crippen molar-refractivity contribution in [2.24, 2.45) is 4.99 Å². The van der Waals surface area contributed by atoms with Gasteiger partial charge in [0.05, 0.1) is 15.5 Å². The number of nitro benzene ring substituents is 2. The van der Waals surface area contributed by atoms with E-state index in [1.165, 1.54) is 24.3 Å². The van der Waals surface area contributed by atoms with Crippen LogP contribution in [0.4, 0.5) is 35.9 Å². The molecule has 0 heterocycles. The molecule has 0 aromatic heterocycles. The van der Waals surface area contributed by atoms with E-state index in [9.17, 15) is 33.4 Å². The van der Waals surface area contributed by atoms with Crippen LogP contribution < -0.4 is 5.32 Å². The zero-order chi connectivity index (χ0) is 20.0. The molecule has 0 amide bonds. The fourth-order valence-corrected chi connectivity index (χ4v) is 1.89. The van der Waals surface area contributed by atoms with Crippen LogP contribution in [0.2, 0.25) is 0 Å². The van der Waals surface area contributed by atoms with Crippen LogP contribution in [0.25, 0.3) is 0 Å². The molecule has 0 saturated heterocycles. The van der Waals surface area contributed by atoms with E-state index in [2.05, 4.69) is 10.3 Å². The van der Waals surface area contributed by atoms with Crippen LogP contribution in [-0.2, 0) is 0 Å². The van der Waals surface area contributed by atoms with Crippen molar-refractivity contribution in [3.63, 3.8) is 0 Å². The maximum atomic E-state index is 13.1. The lowest BCUT2D eigenvalue weighted by Crippen LogP contribution is -2.19. The Balaban J connectivity index is 2.17. The summed E-state index contributed by atoms with van der Waals surface area (Å²) in [5.74, 6) is 0. The Hall–Kier alpha value is -3.76. The summed E-state index contributed by atoms with van der Waals surface area (Å²) in [6.45, 7) is 0. The average molecular weight is 380 g/mol. The molecular formula is C16H11F3N4O4. The summed E-state index contributed by atoms with van der Waals surface area (Å²) in [6, 6.07) is 9.37. The molecule has 27 heavy (non-hydrogen) atoms. The number of hydrogen-bond donors (Lipinski definition) is 1. The Bertz CT molecular complexity index is 891. The molecule has 140 valence electrons. The van der Waals surface area contributed by atoms with Crippen molar-refractivity contribution in [3.8, 4) is 0 Å². The Kier molecular flexibility index (Phi) is 5.85. The highest BCUT2D eigenvalue weighted by atomic mass is 19.4. The summed E-state index contributed by atoms with van der Waals surface area (Å²) in [5.41, 5.74) is -1.32. The maximum absolute atomic E-state index is 13.1. The number of benzene rings is 2. The SMILES string of the molecule is O=[N+]([O-])c1ccc(N=C/C=C(\Nc2ccc([N+](=O)[O-])cc2)C(F)(F)F)cc1. The summed E-state index contributed by atoms with van der Waals surface area (Å²) in [5, 5.41) is 23.2. The molecule has 0 bridgehead atoms. The highest BCUT2D eigenvalue weighted by Gasteiger charge is 2.33. The molecular weight excluding hydrogens is 369 g/mol. The third kappa shape index (κ3) is 5.63. The van der Waals surface area contributed by atoms with E-state index in [1.54, 1.807) is 0 Å². The molecule has 0 radical (unpaired) electrons. The van der Waals surface area contributed by atoms with Crippen molar-refractivity contribution in [1.82, 2.24) is 0 Å². The van der Waals surface area contributed by atoms with Crippen molar-refractivity contribution >= 4 is 29.0 Å². The Morgan fingerprint density at radius 3 is 1.85 bits per heavy atom. The van der Waals surface area contributed by atoms with Crippen molar-refractivity contribution < 1.29 is 23.0 Å². The minimum absolute atomic E-state index is 0.00732. The third-order valence-electron chi connectivity index (χ3n) is 3.19. The van der Waals surface area contributed by atoms with Crippen LogP contribution in [0.3, 0.4) is 0 Å². The van der Waals surface area contributed by atoms with Crippen LogP contribution in [0.15, 0.2) is 65.3 Å². The van der Waals surface area contributed by atoms with E-state index in [-0.39, 0.29) is 22.7 Å². The highest BCUT2D eigenvalue weighted by Crippen LogP contribution is 2.27. The first-order valence-corrected chi connectivity index (χ1v) is 7.24. The highest BCUT2D eigenvalue weighted by molar-refractivity contribution is 5.77. The van der Waals surface area contributed by atoms with Crippen LogP contribution >= 0.6 is 0 Å². The van der Waals surface area contributed by atoms with E-state index in [0.717, 1.165) is 30.5 Å². The van der Waals surface area contributed by atoms with E-state index >= 15 is 0 Å². The van der Waals surface area contributed by atoms with Crippen LogP contribution in [-0.4, -0.2) is 22.2 Å². The second-order valence-electron chi connectivity index (χ2n) is 5.06. The van der Waals surface area contributed by atoms with Gasteiger partial charge in [-0.05, 0) is 30.3 Å². The number of nitro groups is 2. The zero-order valence-electron chi connectivity index (χ0n) is 13.4. The lowest BCUT2D eigenvalue weighted by molar-refractivity contribution is -0.385. The normalized spacial score (nSPS) is 12.2. The first kappa shape index (κ1) is 19.6. The first-order chi connectivity index (χ1) is 12.7. The quantitative estimate of drug-likeness (QED) is 0.441. The number of allylic oxidation sites excluding steroid dienone is 2. The molecule has 2 rings (SSSR count). The van der Waals surface area contributed by atoms with Gasteiger partial charge in [0.25, 0.3) is 11.4 Å². The van der Waals surface area contributed by atoms with Gasteiger partial charge in [-0.15, -0.1) is 0 Å².